The number of Topliss-reactive ketones (excluding diaryl/α,β-unsaturated/α-hetero) is 1. The predicted molar refractivity (Wildman–Crippen MR) is 76.8 cm³/mol. The Labute approximate surface area is 125 Å². The lowest BCUT2D eigenvalue weighted by Gasteiger charge is -2.28. The minimum absolute atomic E-state index is 0.233. The van der Waals surface area contributed by atoms with Crippen LogP contribution in [-0.4, -0.2) is 47.5 Å². The van der Waals surface area contributed by atoms with Crippen LogP contribution in [-0.2, 0) is 19.1 Å². The maximum absolute atomic E-state index is 12.4. The second-order valence-corrected chi connectivity index (χ2v) is 6.21. The lowest BCUT2D eigenvalue weighted by molar-refractivity contribution is -0.151. The first-order valence-electron chi connectivity index (χ1n) is 7.37. The summed E-state index contributed by atoms with van der Waals surface area (Å²) in [7, 11) is 0. The largest absolute Gasteiger partial charge is 0.465 e. The second-order valence-electron chi connectivity index (χ2n) is 6.21. The van der Waals surface area contributed by atoms with E-state index < -0.39 is 29.6 Å². The summed E-state index contributed by atoms with van der Waals surface area (Å²) in [5.41, 5.74) is -0.611. The SMILES string of the molecule is CCOC(=O)C(C)C(=O)C1CCCN1C(=O)OC(C)(C)C. The van der Waals surface area contributed by atoms with Gasteiger partial charge >= 0.3 is 12.1 Å². The highest BCUT2D eigenvalue weighted by atomic mass is 16.6. The number of nitrogens with zero attached hydrogens (tertiary/aromatic N) is 1. The van der Waals surface area contributed by atoms with Gasteiger partial charge in [0.25, 0.3) is 0 Å². The van der Waals surface area contributed by atoms with Crippen molar-refractivity contribution >= 4 is 17.8 Å². The Balaban J connectivity index is 2.74. The number of amides is 1. The minimum atomic E-state index is -0.863. The van der Waals surface area contributed by atoms with Gasteiger partial charge in [0.05, 0.1) is 12.6 Å². The Bertz CT molecular complexity index is 413. The number of hydrogen-bond acceptors (Lipinski definition) is 5. The summed E-state index contributed by atoms with van der Waals surface area (Å²) in [6, 6.07) is -0.598. The van der Waals surface area contributed by atoms with Crippen LogP contribution in [0.5, 0.6) is 0 Å². The summed E-state index contributed by atoms with van der Waals surface area (Å²) in [6.45, 7) is 9.25. The summed E-state index contributed by atoms with van der Waals surface area (Å²) in [5, 5.41) is 0. The van der Waals surface area contributed by atoms with Gasteiger partial charge in [-0.15, -0.1) is 0 Å². The molecule has 0 aliphatic carbocycles. The van der Waals surface area contributed by atoms with Crippen molar-refractivity contribution in [2.75, 3.05) is 13.2 Å². The van der Waals surface area contributed by atoms with Crippen LogP contribution in [0.2, 0.25) is 0 Å². The molecule has 0 spiro atoms. The van der Waals surface area contributed by atoms with Gasteiger partial charge in [-0.05, 0) is 47.5 Å². The van der Waals surface area contributed by atoms with Crippen molar-refractivity contribution in [3.63, 3.8) is 0 Å². The Morgan fingerprint density at radius 2 is 1.90 bits per heavy atom. The fraction of sp³-hybridized carbons (Fsp3) is 0.800. The van der Waals surface area contributed by atoms with Gasteiger partial charge in [0, 0.05) is 6.54 Å². The lowest BCUT2D eigenvalue weighted by atomic mass is 9.98. The Hall–Kier alpha value is -1.59. The fourth-order valence-electron chi connectivity index (χ4n) is 2.27. The van der Waals surface area contributed by atoms with Crippen molar-refractivity contribution in [3.05, 3.63) is 0 Å². The summed E-state index contributed by atoms with van der Waals surface area (Å²) < 4.78 is 10.2. The Kier molecular flexibility index (Phi) is 5.75. The van der Waals surface area contributed by atoms with Crippen LogP contribution in [0.4, 0.5) is 4.79 Å². The molecule has 0 saturated carbocycles. The van der Waals surface area contributed by atoms with Crippen LogP contribution in [0.3, 0.4) is 0 Å². The smallest absolute Gasteiger partial charge is 0.410 e. The van der Waals surface area contributed by atoms with Crippen LogP contribution in [0.1, 0.15) is 47.5 Å². The van der Waals surface area contributed by atoms with E-state index >= 15 is 0 Å². The molecule has 0 aromatic carbocycles. The Morgan fingerprint density at radius 3 is 2.43 bits per heavy atom. The summed E-state index contributed by atoms with van der Waals surface area (Å²) >= 11 is 0. The Morgan fingerprint density at radius 1 is 1.29 bits per heavy atom. The first kappa shape index (κ1) is 17.5. The van der Waals surface area contributed by atoms with E-state index in [1.54, 1.807) is 27.7 Å². The van der Waals surface area contributed by atoms with Crippen molar-refractivity contribution in [2.45, 2.75) is 59.1 Å². The van der Waals surface area contributed by atoms with Crippen LogP contribution < -0.4 is 0 Å². The van der Waals surface area contributed by atoms with E-state index in [-0.39, 0.29) is 12.4 Å². The molecular formula is C15H25NO5. The topological polar surface area (TPSA) is 72.9 Å². The molecule has 2 unspecified atom stereocenters. The maximum Gasteiger partial charge on any atom is 0.410 e. The van der Waals surface area contributed by atoms with Gasteiger partial charge in [-0.1, -0.05) is 0 Å². The van der Waals surface area contributed by atoms with Crippen molar-refractivity contribution in [1.82, 2.24) is 4.90 Å². The number of esters is 1. The highest BCUT2D eigenvalue weighted by Gasteiger charge is 2.40. The summed E-state index contributed by atoms with van der Waals surface area (Å²) in [6.07, 6.45) is 0.780. The van der Waals surface area contributed by atoms with Gasteiger partial charge in [-0.3, -0.25) is 14.5 Å². The summed E-state index contributed by atoms with van der Waals surface area (Å²) in [5.74, 6) is -1.69. The van der Waals surface area contributed by atoms with Gasteiger partial charge in [-0.25, -0.2) is 4.79 Å². The number of rotatable bonds is 4. The van der Waals surface area contributed by atoms with Crippen molar-refractivity contribution in [2.24, 2.45) is 5.92 Å². The van der Waals surface area contributed by atoms with Gasteiger partial charge in [0.2, 0.25) is 0 Å². The molecule has 1 saturated heterocycles. The number of likely N-dealkylation sites (tertiary alicyclic amines) is 1. The third-order valence-corrected chi connectivity index (χ3v) is 3.28. The van der Waals surface area contributed by atoms with Crippen molar-refractivity contribution in [3.8, 4) is 0 Å². The fourth-order valence-corrected chi connectivity index (χ4v) is 2.27. The first-order chi connectivity index (χ1) is 9.67. The third kappa shape index (κ3) is 4.72. The van der Waals surface area contributed by atoms with Crippen LogP contribution in [0, 0.1) is 5.92 Å². The van der Waals surface area contributed by atoms with Crippen LogP contribution in [0.15, 0.2) is 0 Å². The molecule has 1 aliphatic rings. The van der Waals surface area contributed by atoms with E-state index in [1.807, 2.05) is 0 Å². The molecule has 1 heterocycles. The molecule has 1 rings (SSSR count). The zero-order valence-corrected chi connectivity index (χ0v) is 13.5. The lowest BCUT2D eigenvalue weighted by Crippen LogP contribution is -2.46. The summed E-state index contributed by atoms with van der Waals surface area (Å²) in [4.78, 5) is 37.6. The molecule has 0 N–H and O–H groups in total. The molecule has 1 fully saturated rings. The van der Waals surface area contributed by atoms with Crippen LogP contribution >= 0.6 is 0 Å². The molecule has 0 radical (unpaired) electrons. The maximum atomic E-state index is 12.4. The molecule has 2 atom stereocenters. The van der Waals surface area contributed by atoms with E-state index in [4.69, 9.17) is 9.47 Å². The number of carbonyl (C=O) groups is 3. The third-order valence-electron chi connectivity index (χ3n) is 3.28. The number of ether oxygens (including phenoxy) is 2. The van der Waals surface area contributed by atoms with E-state index in [9.17, 15) is 14.4 Å². The molecule has 0 aromatic rings. The van der Waals surface area contributed by atoms with Crippen molar-refractivity contribution in [1.29, 1.82) is 0 Å². The quantitative estimate of drug-likeness (QED) is 0.587. The average molecular weight is 299 g/mol. The first-order valence-corrected chi connectivity index (χ1v) is 7.37. The van der Waals surface area contributed by atoms with Crippen LogP contribution in [0.25, 0.3) is 0 Å². The van der Waals surface area contributed by atoms with Gasteiger partial charge in [-0.2, -0.15) is 0 Å². The number of hydrogen-bond donors (Lipinski definition) is 0. The van der Waals surface area contributed by atoms with E-state index in [0.29, 0.717) is 13.0 Å². The second kappa shape index (κ2) is 6.91. The molecule has 120 valence electrons. The number of carbonyl (C=O) groups excluding carboxylic acids is 3. The average Bonchev–Trinajstić information content (AvgIpc) is 2.84. The zero-order valence-electron chi connectivity index (χ0n) is 13.5. The number of ketones is 1. The molecule has 1 amide bonds. The normalized spacial score (nSPS) is 20.0. The van der Waals surface area contributed by atoms with Gasteiger partial charge in [0.1, 0.15) is 11.5 Å². The highest BCUT2D eigenvalue weighted by Crippen LogP contribution is 2.24. The van der Waals surface area contributed by atoms with E-state index in [1.165, 1.54) is 11.8 Å². The molecule has 6 heteroatoms. The molecule has 0 aromatic heterocycles. The molecule has 6 nitrogen and oxygen atoms in total. The minimum Gasteiger partial charge on any atom is -0.465 e. The molecule has 1 aliphatic heterocycles. The molecule has 0 bridgehead atoms. The standard InChI is InChI=1S/C15H25NO5/c1-6-20-13(18)10(2)12(17)11-8-7-9-16(11)14(19)21-15(3,4)5/h10-11H,6-9H2,1-5H3. The molecule has 21 heavy (non-hydrogen) atoms. The monoisotopic (exact) mass is 299 g/mol. The predicted octanol–water partition coefficient (Wildman–Crippen LogP) is 2.15. The van der Waals surface area contributed by atoms with Gasteiger partial charge < -0.3 is 9.47 Å². The van der Waals surface area contributed by atoms with E-state index in [2.05, 4.69) is 0 Å². The zero-order chi connectivity index (χ0) is 16.2. The molecular weight excluding hydrogens is 274 g/mol. The van der Waals surface area contributed by atoms with E-state index in [0.717, 1.165) is 6.42 Å². The highest BCUT2D eigenvalue weighted by molar-refractivity contribution is 6.02. The van der Waals surface area contributed by atoms with Crippen molar-refractivity contribution < 1.29 is 23.9 Å². The van der Waals surface area contributed by atoms with Gasteiger partial charge in [0.15, 0.2) is 5.78 Å².